The van der Waals surface area contributed by atoms with E-state index in [1.807, 2.05) is 43.9 Å². The molecule has 4 rings (SSSR count). The quantitative estimate of drug-likeness (QED) is 0.146. The molecule has 0 saturated carbocycles. The number of nitro groups is 1. The highest BCUT2D eigenvalue weighted by Gasteiger charge is 2.12. The number of hydrogen-bond donors (Lipinski definition) is 2. The molecule has 0 saturated heterocycles. The number of anilines is 4. The predicted molar refractivity (Wildman–Crippen MR) is 145 cm³/mol. The lowest BCUT2D eigenvalue weighted by Crippen LogP contribution is -2.25. The molecule has 2 aromatic heterocycles. The molecule has 0 aliphatic heterocycles. The van der Waals surface area contributed by atoms with Gasteiger partial charge in [0.25, 0.3) is 5.69 Å². The normalized spacial score (nSPS) is 11.0. The Hall–Kier alpha value is -4.51. The second kappa shape index (κ2) is 11.5. The first-order valence-electron chi connectivity index (χ1n) is 11.5. The van der Waals surface area contributed by atoms with Crippen molar-refractivity contribution in [2.75, 3.05) is 28.7 Å². The molecule has 0 aliphatic rings. The van der Waals surface area contributed by atoms with Crippen LogP contribution in [0.15, 0.2) is 64.1 Å². The van der Waals surface area contributed by atoms with Crippen molar-refractivity contribution in [3.8, 4) is 11.3 Å². The van der Waals surface area contributed by atoms with Crippen LogP contribution in [0.1, 0.15) is 25.2 Å². The van der Waals surface area contributed by atoms with Crippen molar-refractivity contribution in [1.29, 1.82) is 0 Å². The van der Waals surface area contributed by atoms with Crippen molar-refractivity contribution in [1.82, 2.24) is 15.0 Å². The minimum absolute atomic E-state index is 0.0158. The molecular formula is C25H25ClN8O3. The van der Waals surface area contributed by atoms with Gasteiger partial charge in [0, 0.05) is 41.5 Å². The van der Waals surface area contributed by atoms with Gasteiger partial charge in [-0.05, 0) is 62.7 Å². The van der Waals surface area contributed by atoms with Gasteiger partial charge in [-0.1, -0.05) is 17.7 Å². The van der Waals surface area contributed by atoms with E-state index in [0.717, 1.165) is 24.3 Å². The third kappa shape index (κ3) is 6.39. The van der Waals surface area contributed by atoms with Crippen LogP contribution in [0.3, 0.4) is 0 Å². The van der Waals surface area contributed by atoms with Crippen LogP contribution in [0, 0.1) is 17.0 Å². The van der Waals surface area contributed by atoms with Crippen LogP contribution < -0.4 is 15.6 Å². The van der Waals surface area contributed by atoms with Crippen molar-refractivity contribution in [3.05, 3.63) is 81.1 Å². The molecule has 2 aromatic carbocycles. The smallest absolute Gasteiger partial charge is 0.269 e. The molecule has 12 heteroatoms. The standard InChI is InChI=1S/C25H25ClN8O3/c1-4-33(5-2)25-30-23(28-18-9-6-16(3)21(26)14-18)29-24(31-25)32-27-15-20-12-13-22(37-20)17-7-10-19(11-8-17)34(35)36/h6-15H,4-5H2,1-3H3,(H2,28,29,30,31,32). The van der Waals surface area contributed by atoms with Gasteiger partial charge >= 0.3 is 0 Å². The lowest BCUT2D eigenvalue weighted by atomic mass is 10.1. The van der Waals surface area contributed by atoms with Crippen LogP contribution in [-0.2, 0) is 0 Å². The zero-order chi connectivity index (χ0) is 26.4. The van der Waals surface area contributed by atoms with E-state index in [1.54, 1.807) is 24.3 Å². The van der Waals surface area contributed by atoms with Crippen molar-refractivity contribution in [2.24, 2.45) is 5.10 Å². The lowest BCUT2D eigenvalue weighted by molar-refractivity contribution is -0.384. The molecule has 2 N–H and O–H groups in total. The number of nitrogens with one attached hydrogen (secondary N) is 2. The summed E-state index contributed by atoms with van der Waals surface area (Å²) in [5.74, 6) is 2.12. The molecule has 190 valence electrons. The van der Waals surface area contributed by atoms with E-state index in [-0.39, 0.29) is 11.6 Å². The number of nitrogens with zero attached hydrogens (tertiary/aromatic N) is 6. The van der Waals surface area contributed by atoms with E-state index in [9.17, 15) is 10.1 Å². The summed E-state index contributed by atoms with van der Waals surface area (Å²) in [7, 11) is 0. The van der Waals surface area contributed by atoms with Gasteiger partial charge in [-0.15, -0.1) is 0 Å². The van der Waals surface area contributed by atoms with Crippen molar-refractivity contribution < 1.29 is 9.34 Å². The highest BCUT2D eigenvalue weighted by Crippen LogP contribution is 2.25. The van der Waals surface area contributed by atoms with Crippen molar-refractivity contribution in [3.63, 3.8) is 0 Å². The van der Waals surface area contributed by atoms with Gasteiger partial charge < -0.3 is 14.6 Å². The van der Waals surface area contributed by atoms with Crippen molar-refractivity contribution >= 4 is 47.0 Å². The maximum absolute atomic E-state index is 10.9. The molecular weight excluding hydrogens is 496 g/mol. The van der Waals surface area contributed by atoms with E-state index in [0.29, 0.717) is 34.0 Å². The Balaban J connectivity index is 1.52. The topological polar surface area (TPSA) is 135 Å². The molecule has 0 spiro atoms. The van der Waals surface area contributed by atoms with Crippen LogP contribution in [0.2, 0.25) is 5.02 Å². The molecule has 4 aromatic rings. The summed E-state index contributed by atoms with van der Waals surface area (Å²) in [6, 6.07) is 15.2. The number of hydrogen-bond acceptors (Lipinski definition) is 10. The average molecular weight is 521 g/mol. The molecule has 0 atom stereocenters. The first-order valence-corrected chi connectivity index (χ1v) is 11.9. The summed E-state index contributed by atoms with van der Waals surface area (Å²) < 4.78 is 5.78. The molecule has 0 aliphatic carbocycles. The maximum Gasteiger partial charge on any atom is 0.269 e. The second-order valence-corrected chi connectivity index (χ2v) is 8.33. The van der Waals surface area contributed by atoms with E-state index >= 15 is 0 Å². The van der Waals surface area contributed by atoms with Gasteiger partial charge in [0.05, 0.1) is 11.1 Å². The lowest BCUT2D eigenvalue weighted by Gasteiger charge is -2.19. The molecule has 0 amide bonds. The van der Waals surface area contributed by atoms with Crippen LogP contribution in [0.5, 0.6) is 0 Å². The number of hydrazone groups is 1. The Morgan fingerprint density at radius 2 is 1.78 bits per heavy atom. The summed E-state index contributed by atoms with van der Waals surface area (Å²) in [5.41, 5.74) is 5.28. The van der Waals surface area contributed by atoms with E-state index in [4.69, 9.17) is 16.0 Å². The SMILES string of the molecule is CCN(CC)c1nc(NN=Cc2ccc(-c3ccc([N+](=O)[O-])cc3)o2)nc(Nc2ccc(C)c(Cl)c2)n1. The Morgan fingerprint density at radius 3 is 2.46 bits per heavy atom. The molecule has 0 radical (unpaired) electrons. The summed E-state index contributed by atoms with van der Waals surface area (Å²) in [4.78, 5) is 25.8. The average Bonchev–Trinajstić information content (AvgIpc) is 3.36. The first-order chi connectivity index (χ1) is 17.9. The number of non-ortho nitro benzene ring substituents is 1. The fourth-order valence-corrected chi connectivity index (χ4v) is 3.58. The summed E-state index contributed by atoms with van der Waals surface area (Å²) >= 11 is 6.26. The zero-order valence-corrected chi connectivity index (χ0v) is 21.2. The van der Waals surface area contributed by atoms with Gasteiger partial charge in [-0.3, -0.25) is 10.1 Å². The Morgan fingerprint density at radius 1 is 1.05 bits per heavy atom. The fraction of sp³-hybridized carbons (Fsp3) is 0.200. The van der Waals surface area contributed by atoms with Gasteiger partial charge in [-0.25, -0.2) is 5.43 Å². The van der Waals surface area contributed by atoms with Crippen LogP contribution in [0.25, 0.3) is 11.3 Å². The third-order valence-electron chi connectivity index (χ3n) is 5.44. The largest absolute Gasteiger partial charge is 0.455 e. The van der Waals surface area contributed by atoms with Crippen LogP contribution in [0.4, 0.5) is 29.2 Å². The zero-order valence-electron chi connectivity index (χ0n) is 20.5. The van der Waals surface area contributed by atoms with Gasteiger partial charge in [0.15, 0.2) is 0 Å². The minimum Gasteiger partial charge on any atom is -0.455 e. The van der Waals surface area contributed by atoms with E-state index in [2.05, 4.69) is 30.8 Å². The predicted octanol–water partition coefficient (Wildman–Crippen LogP) is 6.04. The number of halogens is 1. The monoisotopic (exact) mass is 520 g/mol. The van der Waals surface area contributed by atoms with E-state index < -0.39 is 4.92 Å². The first kappa shape index (κ1) is 25.6. The summed E-state index contributed by atoms with van der Waals surface area (Å²) in [6.45, 7) is 7.41. The molecule has 2 heterocycles. The molecule has 0 fully saturated rings. The second-order valence-electron chi connectivity index (χ2n) is 7.92. The Labute approximate surface area is 218 Å². The number of benzene rings is 2. The van der Waals surface area contributed by atoms with Crippen LogP contribution in [-0.4, -0.2) is 39.2 Å². The summed E-state index contributed by atoms with van der Waals surface area (Å²) in [6.07, 6.45) is 1.49. The number of rotatable bonds is 10. The van der Waals surface area contributed by atoms with Crippen LogP contribution >= 0.6 is 11.6 Å². The molecule has 11 nitrogen and oxygen atoms in total. The van der Waals surface area contributed by atoms with Gasteiger partial charge in [0.2, 0.25) is 17.8 Å². The molecule has 37 heavy (non-hydrogen) atoms. The summed E-state index contributed by atoms with van der Waals surface area (Å²) in [5, 5.41) is 18.9. The highest BCUT2D eigenvalue weighted by atomic mass is 35.5. The van der Waals surface area contributed by atoms with Gasteiger partial charge in [-0.2, -0.15) is 20.1 Å². The number of aromatic nitrogens is 3. The van der Waals surface area contributed by atoms with E-state index in [1.165, 1.54) is 18.3 Å². The Kier molecular flexibility index (Phi) is 7.94. The van der Waals surface area contributed by atoms with Gasteiger partial charge in [0.1, 0.15) is 11.5 Å². The maximum atomic E-state index is 10.9. The molecule has 0 bridgehead atoms. The molecule has 0 unspecified atom stereocenters. The highest BCUT2D eigenvalue weighted by molar-refractivity contribution is 6.31. The minimum atomic E-state index is -0.445. The number of aryl methyl sites for hydroxylation is 1. The number of furan rings is 1. The van der Waals surface area contributed by atoms with Crippen molar-refractivity contribution in [2.45, 2.75) is 20.8 Å². The Bertz CT molecular complexity index is 1420. The number of nitro benzene ring substituents is 1. The third-order valence-corrected chi connectivity index (χ3v) is 5.85. The fourth-order valence-electron chi connectivity index (χ4n) is 3.40.